The Bertz CT molecular complexity index is 300. The molecule has 72 valence electrons. The lowest BCUT2D eigenvalue weighted by Crippen LogP contribution is -1.95. The monoisotopic (exact) mass is 221 g/mol. The van der Waals surface area contributed by atoms with Crippen LogP contribution in [0.4, 0.5) is 5.69 Å². The van der Waals surface area contributed by atoms with Crippen LogP contribution in [0.2, 0.25) is 10.0 Å². The molecule has 0 aliphatic heterocycles. The SMILES string of the molecule is COc1cc(OC)c(Cl)c(Cl)c1N. The second-order valence-corrected chi connectivity index (χ2v) is 3.08. The molecule has 0 amide bonds. The van der Waals surface area contributed by atoms with E-state index in [0.29, 0.717) is 22.2 Å². The first-order valence-electron chi connectivity index (χ1n) is 3.47. The molecular formula is C8H9Cl2NO2. The van der Waals surface area contributed by atoms with E-state index in [4.69, 9.17) is 38.4 Å². The Morgan fingerprint density at radius 1 is 1.08 bits per heavy atom. The van der Waals surface area contributed by atoms with Crippen molar-refractivity contribution in [2.75, 3.05) is 20.0 Å². The highest BCUT2D eigenvalue weighted by Gasteiger charge is 2.13. The Balaban J connectivity index is 3.36. The number of rotatable bonds is 2. The van der Waals surface area contributed by atoms with Crippen LogP contribution < -0.4 is 15.2 Å². The van der Waals surface area contributed by atoms with Gasteiger partial charge in [-0.1, -0.05) is 23.2 Å². The summed E-state index contributed by atoms with van der Waals surface area (Å²) in [6.07, 6.45) is 0. The van der Waals surface area contributed by atoms with Crippen molar-refractivity contribution in [2.24, 2.45) is 0 Å². The minimum atomic E-state index is 0.248. The van der Waals surface area contributed by atoms with E-state index in [2.05, 4.69) is 0 Å². The summed E-state index contributed by atoms with van der Waals surface area (Å²) in [6, 6.07) is 1.59. The largest absolute Gasteiger partial charge is 0.495 e. The van der Waals surface area contributed by atoms with Crippen molar-refractivity contribution < 1.29 is 9.47 Å². The van der Waals surface area contributed by atoms with Gasteiger partial charge in [-0.25, -0.2) is 0 Å². The number of hydrogen-bond acceptors (Lipinski definition) is 3. The average Bonchev–Trinajstić information content (AvgIpc) is 2.15. The van der Waals surface area contributed by atoms with Crippen LogP contribution in [0.3, 0.4) is 0 Å². The lowest BCUT2D eigenvalue weighted by atomic mass is 10.3. The normalized spacial score (nSPS) is 9.85. The molecule has 1 aromatic rings. The fourth-order valence-electron chi connectivity index (χ4n) is 0.912. The first kappa shape index (κ1) is 10.3. The number of ether oxygens (including phenoxy) is 2. The zero-order valence-corrected chi connectivity index (χ0v) is 8.74. The molecule has 0 aliphatic rings. The summed E-state index contributed by atoms with van der Waals surface area (Å²) in [7, 11) is 2.99. The fourth-order valence-corrected chi connectivity index (χ4v) is 1.33. The maximum absolute atomic E-state index is 5.84. The summed E-state index contributed by atoms with van der Waals surface area (Å²) < 4.78 is 9.95. The predicted octanol–water partition coefficient (Wildman–Crippen LogP) is 2.59. The molecule has 0 aromatic heterocycles. The molecule has 0 aliphatic carbocycles. The summed E-state index contributed by atoms with van der Waals surface area (Å²) in [5.74, 6) is 0.893. The van der Waals surface area contributed by atoms with Gasteiger partial charge in [0.25, 0.3) is 0 Å². The van der Waals surface area contributed by atoms with Crippen molar-refractivity contribution in [3.63, 3.8) is 0 Å². The van der Waals surface area contributed by atoms with Gasteiger partial charge in [-0.3, -0.25) is 0 Å². The van der Waals surface area contributed by atoms with Crippen LogP contribution in [0, 0.1) is 0 Å². The molecule has 0 unspecified atom stereocenters. The third-order valence-electron chi connectivity index (χ3n) is 1.61. The van der Waals surface area contributed by atoms with Crippen LogP contribution in [0.1, 0.15) is 0 Å². The molecule has 13 heavy (non-hydrogen) atoms. The average molecular weight is 222 g/mol. The maximum atomic E-state index is 5.84. The summed E-state index contributed by atoms with van der Waals surface area (Å²) in [4.78, 5) is 0. The molecule has 0 saturated heterocycles. The van der Waals surface area contributed by atoms with Crippen LogP contribution >= 0.6 is 23.2 Å². The van der Waals surface area contributed by atoms with Crippen molar-refractivity contribution in [3.8, 4) is 11.5 Å². The van der Waals surface area contributed by atoms with E-state index in [1.165, 1.54) is 14.2 Å². The molecule has 5 heteroatoms. The maximum Gasteiger partial charge on any atom is 0.147 e. The molecule has 0 heterocycles. The Labute approximate surface area is 86.3 Å². The standard InChI is InChI=1S/C8H9Cl2NO2/c1-12-4-3-5(13-2)8(11)7(10)6(4)9/h3H,11H2,1-2H3. The van der Waals surface area contributed by atoms with Gasteiger partial charge in [0.15, 0.2) is 0 Å². The molecule has 0 saturated carbocycles. The number of benzene rings is 1. The smallest absolute Gasteiger partial charge is 0.147 e. The van der Waals surface area contributed by atoms with Gasteiger partial charge in [0, 0.05) is 6.07 Å². The number of methoxy groups -OCH3 is 2. The number of halogens is 2. The topological polar surface area (TPSA) is 44.5 Å². The molecule has 0 bridgehead atoms. The van der Waals surface area contributed by atoms with Gasteiger partial charge in [-0.2, -0.15) is 0 Å². The lowest BCUT2D eigenvalue weighted by Gasteiger charge is -2.10. The summed E-state index contributed by atoms with van der Waals surface area (Å²) >= 11 is 11.7. The first-order valence-corrected chi connectivity index (χ1v) is 4.22. The summed E-state index contributed by atoms with van der Waals surface area (Å²) in [5, 5.41) is 0.542. The third-order valence-corrected chi connectivity index (χ3v) is 2.48. The van der Waals surface area contributed by atoms with Crippen molar-refractivity contribution in [2.45, 2.75) is 0 Å². The zero-order valence-electron chi connectivity index (χ0n) is 7.23. The fraction of sp³-hybridized carbons (Fsp3) is 0.250. The zero-order chi connectivity index (χ0) is 10.0. The third kappa shape index (κ3) is 1.76. The number of nitrogens with two attached hydrogens (primary N) is 1. The van der Waals surface area contributed by atoms with Crippen molar-refractivity contribution in [3.05, 3.63) is 16.1 Å². The van der Waals surface area contributed by atoms with Gasteiger partial charge < -0.3 is 15.2 Å². The van der Waals surface area contributed by atoms with Crippen LogP contribution in [0.15, 0.2) is 6.07 Å². The van der Waals surface area contributed by atoms with Crippen molar-refractivity contribution >= 4 is 28.9 Å². The Hall–Kier alpha value is -0.800. The summed E-state index contributed by atoms with van der Waals surface area (Å²) in [5.41, 5.74) is 5.94. The van der Waals surface area contributed by atoms with Gasteiger partial charge >= 0.3 is 0 Å². The Morgan fingerprint density at radius 3 is 2.08 bits per heavy atom. The molecule has 0 fully saturated rings. The van der Waals surface area contributed by atoms with Crippen LogP contribution in [0.5, 0.6) is 11.5 Å². The predicted molar refractivity (Wildman–Crippen MR) is 54.0 cm³/mol. The highest BCUT2D eigenvalue weighted by molar-refractivity contribution is 6.44. The second kappa shape index (κ2) is 3.94. The minimum absolute atomic E-state index is 0.248. The van der Waals surface area contributed by atoms with E-state index in [9.17, 15) is 0 Å². The van der Waals surface area contributed by atoms with Crippen LogP contribution in [-0.4, -0.2) is 14.2 Å². The minimum Gasteiger partial charge on any atom is -0.495 e. The number of anilines is 1. The van der Waals surface area contributed by atoms with Crippen LogP contribution in [-0.2, 0) is 0 Å². The molecule has 1 aromatic carbocycles. The highest BCUT2D eigenvalue weighted by Crippen LogP contribution is 2.41. The van der Waals surface area contributed by atoms with Crippen LogP contribution in [0.25, 0.3) is 0 Å². The van der Waals surface area contributed by atoms with Crippen molar-refractivity contribution in [1.29, 1.82) is 0 Å². The first-order chi connectivity index (χ1) is 6.11. The summed E-state index contributed by atoms with van der Waals surface area (Å²) in [6.45, 7) is 0. The molecule has 1 rings (SSSR count). The molecule has 3 nitrogen and oxygen atoms in total. The number of hydrogen-bond donors (Lipinski definition) is 1. The van der Waals surface area contributed by atoms with Gasteiger partial charge in [-0.15, -0.1) is 0 Å². The molecule has 0 atom stereocenters. The van der Waals surface area contributed by atoms with Crippen molar-refractivity contribution in [1.82, 2.24) is 0 Å². The van der Waals surface area contributed by atoms with Gasteiger partial charge in [0.2, 0.25) is 0 Å². The molecule has 0 radical (unpaired) electrons. The molecule has 0 spiro atoms. The Morgan fingerprint density at radius 2 is 1.62 bits per heavy atom. The molecule has 2 N–H and O–H groups in total. The quantitative estimate of drug-likeness (QED) is 0.782. The van der Waals surface area contributed by atoms with E-state index in [0.717, 1.165) is 0 Å². The Kier molecular flexibility index (Phi) is 3.12. The van der Waals surface area contributed by atoms with E-state index < -0.39 is 0 Å². The second-order valence-electron chi connectivity index (χ2n) is 2.32. The highest BCUT2D eigenvalue weighted by atomic mass is 35.5. The van der Waals surface area contributed by atoms with E-state index in [1.807, 2.05) is 0 Å². The van der Waals surface area contributed by atoms with E-state index >= 15 is 0 Å². The van der Waals surface area contributed by atoms with E-state index in [-0.39, 0.29) is 5.02 Å². The van der Waals surface area contributed by atoms with Gasteiger partial charge in [0.05, 0.1) is 24.9 Å². The van der Waals surface area contributed by atoms with Gasteiger partial charge in [0.1, 0.15) is 16.5 Å². The number of nitrogen functional groups attached to an aromatic ring is 1. The van der Waals surface area contributed by atoms with E-state index in [1.54, 1.807) is 6.07 Å². The molecular weight excluding hydrogens is 213 g/mol. The lowest BCUT2D eigenvalue weighted by molar-refractivity contribution is 0.396. The van der Waals surface area contributed by atoms with Gasteiger partial charge in [-0.05, 0) is 0 Å².